The average Bonchev–Trinajstić information content (AvgIpc) is 2.93. The van der Waals surface area contributed by atoms with Crippen LogP contribution in [0, 0.1) is 0 Å². The molecule has 1 saturated heterocycles. The standard InChI is InChI=1S/C17H19BrN2/c18-17-15(7-4-8-16(17)19)12-20-10-9-14(11-20)13-5-2-1-3-6-13/h1-8,14H,9-12,19H2. The van der Waals surface area contributed by atoms with Crippen molar-refractivity contribution in [3.8, 4) is 0 Å². The van der Waals surface area contributed by atoms with E-state index >= 15 is 0 Å². The van der Waals surface area contributed by atoms with Gasteiger partial charge >= 0.3 is 0 Å². The Kier molecular flexibility index (Phi) is 4.08. The second-order valence-electron chi connectivity index (χ2n) is 5.45. The summed E-state index contributed by atoms with van der Waals surface area (Å²) in [6.45, 7) is 3.25. The van der Waals surface area contributed by atoms with Gasteiger partial charge in [0, 0.05) is 23.2 Å². The van der Waals surface area contributed by atoms with Crippen LogP contribution in [0.5, 0.6) is 0 Å². The van der Waals surface area contributed by atoms with Gasteiger partial charge in [-0.25, -0.2) is 0 Å². The molecule has 2 nitrogen and oxygen atoms in total. The lowest BCUT2D eigenvalue weighted by molar-refractivity contribution is 0.326. The Morgan fingerprint density at radius 2 is 1.90 bits per heavy atom. The summed E-state index contributed by atoms with van der Waals surface area (Å²) >= 11 is 3.60. The fourth-order valence-electron chi connectivity index (χ4n) is 2.94. The van der Waals surface area contributed by atoms with Crippen LogP contribution < -0.4 is 5.73 Å². The smallest absolute Gasteiger partial charge is 0.0461 e. The average molecular weight is 331 g/mol. The van der Waals surface area contributed by atoms with Crippen LogP contribution in [0.3, 0.4) is 0 Å². The summed E-state index contributed by atoms with van der Waals surface area (Å²) in [7, 11) is 0. The highest BCUT2D eigenvalue weighted by Crippen LogP contribution is 2.30. The maximum Gasteiger partial charge on any atom is 0.0461 e. The summed E-state index contributed by atoms with van der Waals surface area (Å²) < 4.78 is 1.04. The maximum absolute atomic E-state index is 5.95. The summed E-state index contributed by atoms with van der Waals surface area (Å²) in [5.74, 6) is 0.663. The summed E-state index contributed by atoms with van der Waals surface area (Å²) in [6, 6.07) is 16.9. The van der Waals surface area contributed by atoms with Crippen molar-refractivity contribution in [2.24, 2.45) is 0 Å². The Morgan fingerprint density at radius 1 is 1.10 bits per heavy atom. The Labute approximate surface area is 128 Å². The quantitative estimate of drug-likeness (QED) is 0.861. The van der Waals surface area contributed by atoms with Gasteiger partial charge in [-0.3, -0.25) is 4.90 Å². The third kappa shape index (κ3) is 2.89. The Bertz CT molecular complexity index is 583. The second kappa shape index (κ2) is 5.98. The van der Waals surface area contributed by atoms with Crippen LogP contribution in [0.15, 0.2) is 53.0 Å². The van der Waals surface area contributed by atoms with Gasteiger partial charge in [-0.2, -0.15) is 0 Å². The van der Waals surface area contributed by atoms with E-state index in [1.54, 1.807) is 0 Å². The van der Waals surface area contributed by atoms with Gasteiger partial charge in [0.15, 0.2) is 0 Å². The van der Waals surface area contributed by atoms with Crippen molar-refractivity contribution in [3.05, 3.63) is 64.1 Å². The van der Waals surface area contributed by atoms with Gasteiger partial charge in [0.1, 0.15) is 0 Å². The van der Waals surface area contributed by atoms with Crippen molar-refractivity contribution in [1.29, 1.82) is 0 Å². The van der Waals surface area contributed by atoms with Crippen molar-refractivity contribution in [1.82, 2.24) is 4.90 Å². The number of nitrogens with zero attached hydrogens (tertiary/aromatic N) is 1. The predicted octanol–water partition coefficient (Wildman–Crippen LogP) is 4.02. The van der Waals surface area contributed by atoms with Crippen LogP contribution in [0.1, 0.15) is 23.5 Å². The number of halogens is 1. The number of nitrogens with two attached hydrogens (primary N) is 1. The highest BCUT2D eigenvalue weighted by Gasteiger charge is 2.24. The first-order valence-electron chi connectivity index (χ1n) is 7.04. The minimum absolute atomic E-state index is 0.663. The highest BCUT2D eigenvalue weighted by molar-refractivity contribution is 9.10. The zero-order chi connectivity index (χ0) is 13.9. The van der Waals surface area contributed by atoms with Gasteiger partial charge in [-0.15, -0.1) is 0 Å². The van der Waals surface area contributed by atoms with E-state index in [2.05, 4.69) is 57.2 Å². The Morgan fingerprint density at radius 3 is 2.70 bits per heavy atom. The topological polar surface area (TPSA) is 29.3 Å². The fourth-order valence-corrected chi connectivity index (χ4v) is 3.33. The minimum atomic E-state index is 0.663. The molecule has 0 spiro atoms. The van der Waals surface area contributed by atoms with E-state index in [1.807, 2.05) is 12.1 Å². The molecule has 2 aromatic carbocycles. The largest absolute Gasteiger partial charge is 0.398 e. The monoisotopic (exact) mass is 330 g/mol. The molecule has 1 heterocycles. The van der Waals surface area contributed by atoms with Crippen LogP contribution in [0.25, 0.3) is 0 Å². The molecule has 0 aliphatic carbocycles. The van der Waals surface area contributed by atoms with Crippen molar-refractivity contribution in [2.75, 3.05) is 18.8 Å². The molecule has 1 fully saturated rings. The van der Waals surface area contributed by atoms with E-state index < -0.39 is 0 Å². The van der Waals surface area contributed by atoms with E-state index in [1.165, 1.54) is 17.5 Å². The molecule has 2 aromatic rings. The molecule has 2 N–H and O–H groups in total. The van der Waals surface area contributed by atoms with E-state index in [0.717, 1.165) is 29.8 Å². The van der Waals surface area contributed by atoms with Crippen molar-refractivity contribution >= 4 is 21.6 Å². The SMILES string of the molecule is Nc1cccc(CN2CCC(c3ccccc3)C2)c1Br. The number of anilines is 1. The van der Waals surface area contributed by atoms with Crippen LogP contribution >= 0.6 is 15.9 Å². The third-order valence-corrected chi connectivity index (χ3v) is 5.01. The van der Waals surface area contributed by atoms with Crippen LogP contribution in [0.4, 0.5) is 5.69 Å². The summed E-state index contributed by atoms with van der Waals surface area (Å²) in [5, 5.41) is 0. The van der Waals surface area contributed by atoms with Crippen molar-refractivity contribution in [3.63, 3.8) is 0 Å². The van der Waals surface area contributed by atoms with E-state index in [-0.39, 0.29) is 0 Å². The van der Waals surface area contributed by atoms with Gasteiger partial charge in [0.25, 0.3) is 0 Å². The lowest BCUT2D eigenvalue weighted by atomic mass is 9.99. The molecule has 1 unspecified atom stereocenters. The third-order valence-electron chi connectivity index (χ3n) is 4.05. The summed E-state index contributed by atoms with van der Waals surface area (Å²) in [6.07, 6.45) is 1.24. The van der Waals surface area contributed by atoms with Gasteiger partial charge in [-0.1, -0.05) is 42.5 Å². The predicted molar refractivity (Wildman–Crippen MR) is 87.6 cm³/mol. The van der Waals surface area contributed by atoms with Gasteiger partial charge in [-0.05, 0) is 52.0 Å². The van der Waals surface area contributed by atoms with Crippen LogP contribution in [-0.4, -0.2) is 18.0 Å². The molecular weight excluding hydrogens is 312 g/mol. The molecule has 1 aliphatic rings. The first-order valence-corrected chi connectivity index (χ1v) is 7.83. The fraction of sp³-hybridized carbons (Fsp3) is 0.294. The molecular formula is C17H19BrN2. The number of rotatable bonds is 3. The van der Waals surface area contributed by atoms with E-state index in [4.69, 9.17) is 5.73 Å². The van der Waals surface area contributed by atoms with Crippen LogP contribution in [-0.2, 0) is 6.54 Å². The van der Waals surface area contributed by atoms with E-state index in [9.17, 15) is 0 Å². The summed E-state index contributed by atoms with van der Waals surface area (Å²) in [5.41, 5.74) is 9.50. The number of nitrogen functional groups attached to an aromatic ring is 1. The molecule has 3 heteroatoms. The molecule has 3 rings (SSSR count). The van der Waals surface area contributed by atoms with Crippen molar-refractivity contribution in [2.45, 2.75) is 18.9 Å². The minimum Gasteiger partial charge on any atom is -0.398 e. The number of hydrogen-bond donors (Lipinski definition) is 1. The first-order chi connectivity index (χ1) is 9.74. The van der Waals surface area contributed by atoms with Gasteiger partial charge < -0.3 is 5.73 Å². The summed E-state index contributed by atoms with van der Waals surface area (Å²) in [4.78, 5) is 2.51. The number of likely N-dealkylation sites (tertiary alicyclic amines) is 1. The lowest BCUT2D eigenvalue weighted by Crippen LogP contribution is -2.20. The zero-order valence-corrected chi connectivity index (χ0v) is 13.0. The number of hydrogen-bond acceptors (Lipinski definition) is 2. The van der Waals surface area contributed by atoms with E-state index in [0.29, 0.717) is 5.92 Å². The Hall–Kier alpha value is -1.32. The molecule has 0 saturated carbocycles. The molecule has 1 atom stereocenters. The van der Waals surface area contributed by atoms with Gasteiger partial charge in [0.2, 0.25) is 0 Å². The second-order valence-corrected chi connectivity index (χ2v) is 6.24. The highest BCUT2D eigenvalue weighted by atomic mass is 79.9. The van der Waals surface area contributed by atoms with Crippen molar-refractivity contribution < 1.29 is 0 Å². The lowest BCUT2D eigenvalue weighted by Gasteiger charge is -2.17. The number of benzene rings is 2. The molecule has 1 aliphatic heterocycles. The first kappa shape index (κ1) is 13.7. The van der Waals surface area contributed by atoms with Crippen LogP contribution in [0.2, 0.25) is 0 Å². The zero-order valence-electron chi connectivity index (χ0n) is 11.4. The maximum atomic E-state index is 5.95. The van der Waals surface area contributed by atoms with Gasteiger partial charge in [0.05, 0.1) is 0 Å². The molecule has 0 radical (unpaired) electrons. The molecule has 0 bridgehead atoms. The Balaban J connectivity index is 1.68. The molecule has 20 heavy (non-hydrogen) atoms. The normalized spacial score (nSPS) is 19.4. The molecule has 0 aromatic heterocycles. The molecule has 0 amide bonds. The molecule has 104 valence electrons.